The lowest BCUT2D eigenvalue weighted by Crippen LogP contribution is -2.32. The topological polar surface area (TPSA) is 29.9 Å². The maximum Gasteiger partial charge on any atom is 0.108 e. The number of aryl methyl sites for hydroxylation is 1. The van der Waals surface area contributed by atoms with E-state index in [-0.39, 0.29) is 0 Å². The number of hydrogen-bond donors (Lipinski definition) is 1. The number of aromatic nitrogens is 2. The Morgan fingerprint density at radius 3 is 2.79 bits per heavy atom. The van der Waals surface area contributed by atoms with E-state index in [9.17, 15) is 0 Å². The first-order chi connectivity index (χ1) is 6.81. The van der Waals surface area contributed by atoms with Crippen molar-refractivity contribution < 1.29 is 0 Å². The summed E-state index contributed by atoms with van der Waals surface area (Å²) in [5.74, 6) is 1.18. The summed E-state index contributed by atoms with van der Waals surface area (Å²) in [5, 5.41) is 3.47. The van der Waals surface area contributed by atoms with E-state index in [1.54, 1.807) is 0 Å². The maximum atomic E-state index is 4.32. The Hall–Kier alpha value is -0.830. The lowest BCUT2D eigenvalue weighted by Gasteiger charge is -2.17. The summed E-state index contributed by atoms with van der Waals surface area (Å²) in [5.41, 5.74) is 0. The predicted octanol–water partition coefficient (Wildman–Crippen LogP) is 1.83. The van der Waals surface area contributed by atoms with E-state index < -0.39 is 0 Å². The van der Waals surface area contributed by atoms with Gasteiger partial charge in [0.15, 0.2) is 0 Å². The molecule has 1 unspecified atom stereocenters. The summed E-state index contributed by atoms with van der Waals surface area (Å²) in [4.78, 5) is 4.32. The summed E-state index contributed by atoms with van der Waals surface area (Å²) in [6, 6.07) is 0.569. The smallest absolute Gasteiger partial charge is 0.108 e. The first-order valence-electron chi connectivity index (χ1n) is 5.55. The SMILES string of the molecule is CCNC(CC)Cn1ccnc1CC. The molecule has 1 atom stereocenters. The Morgan fingerprint density at radius 1 is 1.43 bits per heavy atom. The van der Waals surface area contributed by atoms with Crippen LogP contribution in [0.1, 0.15) is 33.0 Å². The minimum atomic E-state index is 0.569. The molecule has 0 fully saturated rings. The molecule has 0 aromatic carbocycles. The molecule has 1 heterocycles. The van der Waals surface area contributed by atoms with E-state index in [0.717, 1.165) is 25.9 Å². The van der Waals surface area contributed by atoms with Crippen molar-refractivity contribution in [3.63, 3.8) is 0 Å². The molecule has 0 radical (unpaired) electrons. The van der Waals surface area contributed by atoms with Crippen LogP contribution in [0.5, 0.6) is 0 Å². The largest absolute Gasteiger partial charge is 0.333 e. The molecular formula is C11H21N3. The van der Waals surface area contributed by atoms with Gasteiger partial charge in [-0.3, -0.25) is 0 Å². The fraction of sp³-hybridized carbons (Fsp3) is 0.727. The number of likely N-dealkylation sites (N-methyl/N-ethyl adjacent to an activating group) is 1. The number of hydrogen-bond acceptors (Lipinski definition) is 2. The van der Waals surface area contributed by atoms with Crippen molar-refractivity contribution in [3.8, 4) is 0 Å². The molecule has 0 spiro atoms. The van der Waals surface area contributed by atoms with Crippen LogP contribution in [0.15, 0.2) is 12.4 Å². The first-order valence-corrected chi connectivity index (χ1v) is 5.55. The van der Waals surface area contributed by atoms with Gasteiger partial charge in [0.1, 0.15) is 5.82 Å². The van der Waals surface area contributed by atoms with Crippen LogP contribution in [0, 0.1) is 0 Å². The van der Waals surface area contributed by atoms with E-state index in [0.29, 0.717) is 6.04 Å². The summed E-state index contributed by atoms with van der Waals surface area (Å²) < 4.78 is 2.25. The van der Waals surface area contributed by atoms with Gasteiger partial charge in [0.25, 0.3) is 0 Å². The van der Waals surface area contributed by atoms with Crippen molar-refractivity contribution in [1.82, 2.24) is 14.9 Å². The molecule has 0 aliphatic rings. The quantitative estimate of drug-likeness (QED) is 0.750. The number of rotatable bonds is 6. The second-order valence-electron chi connectivity index (χ2n) is 3.51. The van der Waals surface area contributed by atoms with Gasteiger partial charge >= 0.3 is 0 Å². The van der Waals surface area contributed by atoms with Crippen LogP contribution >= 0.6 is 0 Å². The molecule has 1 N–H and O–H groups in total. The summed E-state index contributed by atoms with van der Waals surface area (Å²) in [6.07, 6.45) is 6.13. The van der Waals surface area contributed by atoms with Crippen LogP contribution in [0.25, 0.3) is 0 Å². The van der Waals surface area contributed by atoms with Crippen molar-refractivity contribution in [2.45, 2.75) is 46.2 Å². The first kappa shape index (κ1) is 11.2. The summed E-state index contributed by atoms with van der Waals surface area (Å²) >= 11 is 0. The molecule has 0 bridgehead atoms. The molecule has 0 aliphatic heterocycles. The minimum absolute atomic E-state index is 0.569. The number of nitrogens with one attached hydrogen (secondary N) is 1. The molecule has 3 nitrogen and oxygen atoms in total. The highest BCUT2D eigenvalue weighted by atomic mass is 15.1. The molecule has 0 aliphatic carbocycles. The van der Waals surface area contributed by atoms with Crippen LogP contribution in [0.4, 0.5) is 0 Å². The highest BCUT2D eigenvalue weighted by Crippen LogP contribution is 2.02. The normalized spacial score (nSPS) is 13.1. The fourth-order valence-corrected chi connectivity index (χ4v) is 1.68. The van der Waals surface area contributed by atoms with Crippen molar-refractivity contribution >= 4 is 0 Å². The fourth-order valence-electron chi connectivity index (χ4n) is 1.68. The third-order valence-electron chi connectivity index (χ3n) is 2.52. The van der Waals surface area contributed by atoms with Gasteiger partial charge in [0.2, 0.25) is 0 Å². The van der Waals surface area contributed by atoms with E-state index in [1.807, 2.05) is 6.20 Å². The zero-order chi connectivity index (χ0) is 10.4. The van der Waals surface area contributed by atoms with Gasteiger partial charge in [0.05, 0.1) is 0 Å². The Bertz CT molecular complexity index is 255. The molecule has 14 heavy (non-hydrogen) atoms. The van der Waals surface area contributed by atoms with Gasteiger partial charge in [-0.25, -0.2) is 4.98 Å². The Balaban J connectivity index is 2.56. The predicted molar refractivity (Wildman–Crippen MR) is 59.4 cm³/mol. The van der Waals surface area contributed by atoms with Crippen molar-refractivity contribution in [2.75, 3.05) is 6.54 Å². The van der Waals surface area contributed by atoms with Gasteiger partial charge in [-0.2, -0.15) is 0 Å². The molecule has 3 heteroatoms. The average molecular weight is 195 g/mol. The standard InChI is InChI=1S/C11H21N3/c1-4-10(12-6-3)9-14-8-7-13-11(14)5-2/h7-8,10,12H,4-6,9H2,1-3H3. The maximum absolute atomic E-state index is 4.32. The van der Waals surface area contributed by atoms with Crippen LogP contribution in [0.2, 0.25) is 0 Å². The third-order valence-corrected chi connectivity index (χ3v) is 2.52. The Morgan fingerprint density at radius 2 is 2.21 bits per heavy atom. The minimum Gasteiger partial charge on any atom is -0.333 e. The Kier molecular flexibility index (Phi) is 4.66. The summed E-state index contributed by atoms with van der Waals surface area (Å²) in [7, 11) is 0. The van der Waals surface area contributed by atoms with Gasteiger partial charge in [0, 0.05) is 31.4 Å². The Labute approximate surface area is 86.5 Å². The molecular weight excluding hydrogens is 174 g/mol. The van der Waals surface area contributed by atoms with Gasteiger partial charge < -0.3 is 9.88 Å². The van der Waals surface area contributed by atoms with Gasteiger partial charge in [-0.05, 0) is 13.0 Å². The number of imidazole rings is 1. The molecule has 1 rings (SSSR count). The third kappa shape index (κ3) is 2.84. The lowest BCUT2D eigenvalue weighted by atomic mass is 10.2. The van der Waals surface area contributed by atoms with Crippen LogP contribution in [-0.4, -0.2) is 22.1 Å². The van der Waals surface area contributed by atoms with Crippen molar-refractivity contribution in [3.05, 3.63) is 18.2 Å². The van der Waals surface area contributed by atoms with E-state index in [4.69, 9.17) is 0 Å². The second-order valence-corrected chi connectivity index (χ2v) is 3.51. The van der Waals surface area contributed by atoms with Gasteiger partial charge in [-0.15, -0.1) is 0 Å². The molecule has 0 saturated carbocycles. The lowest BCUT2D eigenvalue weighted by molar-refractivity contribution is 0.439. The molecule has 1 aromatic rings. The van der Waals surface area contributed by atoms with E-state index in [2.05, 4.69) is 41.8 Å². The average Bonchev–Trinajstić information content (AvgIpc) is 2.64. The highest BCUT2D eigenvalue weighted by Gasteiger charge is 2.07. The van der Waals surface area contributed by atoms with Crippen LogP contribution in [0.3, 0.4) is 0 Å². The van der Waals surface area contributed by atoms with E-state index >= 15 is 0 Å². The molecule has 0 amide bonds. The zero-order valence-electron chi connectivity index (χ0n) is 9.45. The zero-order valence-corrected chi connectivity index (χ0v) is 9.45. The van der Waals surface area contributed by atoms with Crippen LogP contribution in [-0.2, 0) is 13.0 Å². The molecule has 1 aromatic heterocycles. The van der Waals surface area contributed by atoms with E-state index in [1.165, 1.54) is 5.82 Å². The number of nitrogens with zero attached hydrogens (tertiary/aromatic N) is 2. The molecule has 80 valence electrons. The van der Waals surface area contributed by atoms with Crippen molar-refractivity contribution in [2.24, 2.45) is 0 Å². The molecule has 0 saturated heterocycles. The highest BCUT2D eigenvalue weighted by molar-refractivity contribution is 4.92. The monoisotopic (exact) mass is 195 g/mol. The van der Waals surface area contributed by atoms with Crippen molar-refractivity contribution in [1.29, 1.82) is 0 Å². The van der Waals surface area contributed by atoms with Gasteiger partial charge in [-0.1, -0.05) is 20.8 Å². The van der Waals surface area contributed by atoms with Crippen LogP contribution < -0.4 is 5.32 Å². The summed E-state index contributed by atoms with van der Waals surface area (Å²) in [6.45, 7) is 8.59. The second kappa shape index (κ2) is 5.81.